The lowest BCUT2D eigenvalue weighted by Crippen LogP contribution is -2.34. The molecule has 0 aliphatic carbocycles. The number of carbonyl (C=O) groups excluding carboxylic acids is 1. The highest BCUT2D eigenvalue weighted by Crippen LogP contribution is 2.16. The quantitative estimate of drug-likeness (QED) is 0.760. The first-order valence-corrected chi connectivity index (χ1v) is 6.02. The van der Waals surface area contributed by atoms with E-state index in [9.17, 15) is 4.79 Å². The molecular weight excluding hydrogens is 214 g/mol. The van der Waals surface area contributed by atoms with Crippen LogP contribution in [0.2, 0.25) is 0 Å². The van der Waals surface area contributed by atoms with Crippen molar-refractivity contribution in [2.75, 3.05) is 5.75 Å². The van der Waals surface area contributed by atoms with Crippen LogP contribution in [-0.2, 0) is 11.2 Å². The van der Waals surface area contributed by atoms with E-state index in [1.807, 2.05) is 6.92 Å². The molecule has 0 radical (unpaired) electrons. The van der Waals surface area contributed by atoms with Gasteiger partial charge in [-0.15, -0.1) is 11.3 Å². The fourth-order valence-electron chi connectivity index (χ4n) is 1.27. The van der Waals surface area contributed by atoms with Crippen molar-refractivity contribution < 1.29 is 4.79 Å². The van der Waals surface area contributed by atoms with Gasteiger partial charge in [-0.1, -0.05) is 0 Å². The molecule has 1 amide bonds. The normalized spacial score (nSPS) is 12.5. The van der Waals surface area contributed by atoms with Crippen LogP contribution in [0, 0.1) is 6.92 Å². The summed E-state index contributed by atoms with van der Waals surface area (Å²) < 4.78 is 0. The van der Waals surface area contributed by atoms with Gasteiger partial charge in [0.1, 0.15) is 0 Å². The second-order valence-corrected chi connectivity index (χ2v) is 5.03. The Morgan fingerprint density at radius 2 is 2.36 bits per heavy atom. The van der Waals surface area contributed by atoms with E-state index in [1.54, 1.807) is 11.3 Å². The van der Waals surface area contributed by atoms with E-state index in [4.69, 9.17) is 0 Å². The minimum atomic E-state index is -0.00545. The number of thiophene rings is 1. The minimum Gasteiger partial charge on any atom is -0.353 e. The van der Waals surface area contributed by atoms with Gasteiger partial charge in [-0.2, -0.15) is 12.6 Å². The molecule has 0 aliphatic rings. The van der Waals surface area contributed by atoms with Crippen molar-refractivity contribution in [3.8, 4) is 0 Å². The van der Waals surface area contributed by atoms with E-state index < -0.39 is 0 Å². The first-order valence-electron chi connectivity index (χ1n) is 4.57. The monoisotopic (exact) mass is 229 g/mol. The van der Waals surface area contributed by atoms with Crippen molar-refractivity contribution in [1.82, 2.24) is 5.32 Å². The SMILES string of the molecule is Cc1ccc(CC(C)NC(=O)CS)s1. The second-order valence-electron chi connectivity index (χ2n) is 3.34. The molecule has 1 unspecified atom stereocenters. The van der Waals surface area contributed by atoms with E-state index >= 15 is 0 Å². The third-order valence-corrected chi connectivity index (χ3v) is 3.16. The van der Waals surface area contributed by atoms with Crippen molar-refractivity contribution in [2.45, 2.75) is 26.3 Å². The summed E-state index contributed by atoms with van der Waals surface area (Å²) in [7, 11) is 0. The molecule has 1 N–H and O–H groups in total. The Morgan fingerprint density at radius 1 is 1.64 bits per heavy atom. The second kappa shape index (κ2) is 5.41. The van der Waals surface area contributed by atoms with Gasteiger partial charge in [0, 0.05) is 22.2 Å². The third-order valence-electron chi connectivity index (χ3n) is 1.85. The molecular formula is C10H15NOS2. The van der Waals surface area contributed by atoms with E-state index in [-0.39, 0.29) is 17.7 Å². The van der Waals surface area contributed by atoms with Gasteiger partial charge in [0.15, 0.2) is 0 Å². The molecule has 4 heteroatoms. The van der Waals surface area contributed by atoms with Crippen molar-refractivity contribution in [1.29, 1.82) is 0 Å². The molecule has 0 aliphatic heterocycles. The zero-order valence-corrected chi connectivity index (χ0v) is 10.1. The lowest BCUT2D eigenvalue weighted by Gasteiger charge is -2.11. The number of hydrogen-bond acceptors (Lipinski definition) is 3. The van der Waals surface area contributed by atoms with Crippen LogP contribution >= 0.6 is 24.0 Å². The molecule has 0 spiro atoms. The summed E-state index contributed by atoms with van der Waals surface area (Å²) in [5.74, 6) is 0.252. The van der Waals surface area contributed by atoms with E-state index in [2.05, 4.69) is 37.0 Å². The molecule has 0 bridgehead atoms. The average molecular weight is 229 g/mol. The Hall–Kier alpha value is -0.480. The zero-order chi connectivity index (χ0) is 10.6. The van der Waals surface area contributed by atoms with Crippen molar-refractivity contribution in [3.63, 3.8) is 0 Å². The molecule has 1 heterocycles. The van der Waals surface area contributed by atoms with Gasteiger partial charge in [-0.25, -0.2) is 0 Å². The van der Waals surface area contributed by atoms with Crippen molar-refractivity contribution in [3.05, 3.63) is 21.9 Å². The van der Waals surface area contributed by atoms with Crippen LogP contribution in [0.15, 0.2) is 12.1 Å². The molecule has 1 atom stereocenters. The summed E-state index contributed by atoms with van der Waals surface area (Å²) >= 11 is 5.69. The predicted molar refractivity (Wildman–Crippen MR) is 64.2 cm³/mol. The maximum absolute atomic E-state index is 11.0. The fraction of sp³-hybridized carbons (Fsp3) is 0.500. The van der Waals surface area contributed by atoms with Gasteiger partial charge in [-0.05, 0) is 26.0 Å². The van der Waals surface area contributed by atoms with Crippen LogP contribution in [0.1, 0.15) is 16.7 Å². The first kappa shape index (κ1) is 11.6. The Kier molecular flexibility index (Phi) is 4.48. The third kappa shape index (κ3) is 3.72. The van der Waals surface area contributed by atoms with Crippen LogP contribution in [0.4, 0.5) is 0 Å². The van der Waals surface area contributed by atoms with Crippen LogP contribution in [-0.4, -0.2) is 17.7 Å². The van der Waals surface area contributed by atoms with Crippen LogP contribution in [0.3, 0.4) is 0 Å². The maximum Gasteiger partial charge on any atom is 0.229 e. The maximum atomic E-state index is 11.0. The molecule has 0 fully saturated rings. The van der Waals surface area contributed by atoms with Gasteiger partial charge >= 0.3 is 0 Å². The summed E-state index contributed by atoms with van der Waals surface area (Å²) in [6, 6.07) is 4.41. The molecule has 0 saturated heterocycles. The predicted octanol–water partition coefficient (Wildman–Crippen LogP) is 2.03. The molecule has 2 nitrogen and oxygen atoms in total. The topological polar surface area (TPSA) is 29.1 Å². The summed E-state index contributed by atoms with van der Waals surface area (Å²) in [6.45, 7) is 4.10. The van der Waals surface area contributed by atoms with Crippen molar-refractivity contribution in [2.24, 2.45) is 0 Å². The summed E-state index contributed by atoms with van der Waals surface area (Å²) in [5.41, 5.74) is 0. The number of carbonyl (C=O) groups is 1. The molecule has 1 rings (SSSR count). The summed E-state index contributed by atoms with van der Waals surface area (Å²) in [4.78, 5) is 13.7. The lowest BCUT2D eigenvalue weighted by molar-refractivity contribution is -0.119. The van der Waals surface area contributed by atoms with E-state index in [0.717, 1.165) is 6.42 Å². The van der Waals surface area contributed by atoms with Crippen LogP contribution in [0.5, 0.6) is 0 Å². The number of amides is 1. The molecule has 1 aromatic rings. The summed E-state index contributed by atoms with van der Waals surface area (Å²) in [5, 5.41) is 2.88. The zero-order valence-electron chi connectivity index (χ0n) is 8.41. The Bertz CT molecular complexity index is 309. The highest BCUT2D eigenvalue weighted by molar-refractivity contribution is 7.81. The highest BCUT2D eigenvalue weighted by Gasteiger charge is 2.07. The fourth-order valence-corrected chi connectivity index (χ4v) is 2.38. The van der Waals surface area contributed by atoms with E-state index in [0.29, 0.717) is 0 Å². The number of hydrogen-bond donors (Lipinski definition) is 2. The molecule has 0 aromatic carbocycles. The molecule has 1 aromatic heterocycles. The largest absolute Gasteiger partial charge is 0.353 e. The molecule has 0 saturated carbocycles. The highest BCUT2D eigenvalue weighted by atomic mass is 32.1. The Balaban J connectivity index is 2.41. The first-order chi connectivity index (χ1) is 6.61. The molecule has 14 heavy (non-hydrogen) atoms. The number of rotatable bonds is 4. The Labute approximate surface area is 94.1 Å². The van der Waals surface area contributed by atoms with Crippen LogP contribution in [0.25, 0.3) is 0 Å². The standard InChI is InChI=1S/C10H15NOS2/c1-7(11-10(12)6-13)5-9-4-3-8(2)14-9/h3-4,7,13H,5-6H2,1-2H3,(H,11,12). The smallest absolute Gasteiger partial charge is 0.229 e. The molecule has 78 valence electrons. The van der Waals surface area contributed by atoms with E-state index in [1.165, 1.54) is 9.75 Å². The number of aryl methyl sites for hydroxylation is 1. The van der Waals surface area contributed by atoms with Gasteiger partial charge in [-0.3, -0.25) is 4.79 Å². The van der Waals surface area contributed by atoms with Gasteiger partial charge in [0.25, 0.3) is 0 Å². The van der Waals surface area contributed by atoms with Gasteiger partial charge < -0.3 is 5.32 Å². The van der Waals surface area contributed by atoms with Gasteiger partial charge in [0.05, 0.1) is 5.75 Å². The Morgan fingerprint density at radius 3 is 2.86 bits per heavy atom. The van der Waals surface area contributed by atoms with Gasteiger partial charge in [0.2, 0.25) is 5.91 Å². The lowest BCUT2D eigenvalue weighted by atomic mass is 10.2. The number of nitrogens with one attached hydrogen (secondary N) is 1. The van der Waals surface area contributed by atoms with Crippen molar-refractivity contribution >= 4 is 29.9 Å². The van der Waals surface area contributed by atoms with Crippen LogP contribution < -0.4 is 5.32 Å². The minimum absolute atomic E-state index is 0.00545. The summed E-state index contributed by atoms with van der Waals surface area (Å²) in [6.07, 6.45) is 0.901. The average Bonchev–Trinajstić information content (AvgIpc) is 2.50. The number of thiol groups is 1.